The third kappa shape index (κ3) is 2.33. The van der Waals surface area contributed by atoms with E-state index >= 15 is 0 Å². The molecule has 0 aliphatic heterocycles. The van der Waals surface area contributed by atoms with Gasteiger partial charge in [-0.25, -0.2) is 0 Å². The van der Waals surface area contributed by atoms with Crippen LogP contribution in [-0.4, -0.2) is 12.0 Å². The van der Waals surface area contributed by atoms with Crippen LogP contribution in [0.4, 0.5) is 0 Å². The number of hydrogen-bond acceptors (Lipinski definition) is 2. The van der Waals surface area contributed by atoms with E-state index in [9.17, 15) is 4.79 Å². The molecule has 0 atom stereocenters. The molecule has 0 aromatic carbocycles. The first-order valence-electron chi connectivity index (χ1n) is 2.32. The second kappa shape index (κ2) is 4.25. The second-order valence-corrected chi connectivity index (χ2v) is 2.04. The third-order valence-corrected chi connectivity index (χ3v) is 1.30. The van der Waals surface area contributed by atoms with Gasteiger partial charge < -0.3 is 0 Å². The van der Waals surface area contributed by atoms with Crippen LogP contribution in [0.25, 0.3) is 0 Å². The largest absolute Gasteiger partial charge is 0.275 e. The smallest absolute Gasteiger partial charge is 0.255 e. The molecule has 0 fully saturated rings. The average molecular weight is 178 g/mol. The summed E-state index contributed by atoms with van der Waals surface area (Å²) >= 11 is 10.5. The van der Waals surface area contributed by atoms with Gasteiger partial charge in [-0.2, -0.15) is 0 Å². The molecule has 0 unspecified atom stereocenters. The fraction of sp³-hybridized carbons (Fsp3) is 0. The second-order valence-electron chi connectivity index (χ2n) is 1.34. The molecule has 0 aliphatic rings. The molecule has 0 amide bonds. The van der Waals surface area contributed by atoms with Crippen LogP contribution < -0.4 is 0 Å². The SMILES string of the molecule is C=C/C(C(=O)Cl)=C(/Cl)N=C. The van der Waals surface area contributed by atoms with E-state index < -0.39 is 5.24 Å². The molecule has 4 heteroatoms. The van der Waals surface area contributed by atoms with Gasteiger partial charge in [-0.3, -0.25) is 9.79 Å². The summed E-state index contributed by atoms with van der Waals surface area (Å²) in [7, 11) is 0. The quantitative estimate of drug-likeness (QED) is 0.214. The minimum atomic E-state index is -0.688. The van der Waals surface area contributed by atoms with E-state index in [4.69, 9.17) is 23.2 Å². The van der Waals surface area contributed by atoms with Crippen LogP contribution >= 0.6 is 23.2 Å². The summed E-state index contributed by atoms with van der Waals surface area (Å²) in [6.45, 7) is 6.43. The molecule has 54 valence electrons. The molecule has 0 saturated heterocycles. The highest BCUT2D eigenvalue weighted by molar-refractivity contribution is 6.68. The molecule has 0 bridgehead atoms. The summed E-state index contributed by atoms with van der Waals surface area (Å²) in [4.78, 5) is 13.7. The highest BCUT2D eigenvalue weighted by atomic mass is 35.5. The molecule has 0 rings (SSSR count). The topological polar surface area (TPSA) is 29.4 Å². The van der Waals surface area contributed by atoms with Crippen molar-refractivity contribution in [3.8, 4) is 0 Å². The normalized spacial score (nSPS) is 11.8. The molecular weight excluding hydrogens is 173 g/mol. The van der Waals surface area contributed by atoms with Crippen LogP contribution in [-0.2, 0) is 4.79 Å². The first kappa shape index (κ1) is 9.40. The molecule has 0 heterocycles. The maximum absolute atomic E-state index is 10.4. The lowest BCUT2D eigenvalue weighted by Crippen LogP contribution is -1.90. The zero-order chi connectivity index (χ0) is 8.15. The number of carbonyl (C=O) groups is 1. The summed E-state index contributed by atoms with van der Waals surface area (Å²) < 4.78 is 0. The zero-order valence-electron chi connectivity index (χ0n) is 5.10. The Balaban J connectivity index is 4.79. The number of halogens is 2. The predicted molar refractivity (Wildman–Crippen MR) is 43.5 cm³/mol. The van der Waals surface area contributed by atoms with E-state index in [2.05, 4.69) is 18.3 Å². The highest BCUT2D eigenvalue weighted by Crippen LogP contribution is 2.13. The van der Waals surface area contributed by atoms with Gasteiger partial charge in [0.15, 0.2) is 0 Å². The van der Waals surface area contributed by atoms with Crippen LogP contribution in [0.3, 0.4) is 0 Å². The molecule has 0 radical (unpaired) electrons. The van der Waals surface area contributed by atoms with Gasteiger partial charge in [0.2, 0.25) is 0 Å². The van der Waals surface area contributed by atoms with Crippen molar-refractivity contribution in [2.45, 2.75) is 0 Å². The Kier molecular flexibility index (Phi) is 4.00. The molecule has 0 saturated carbocycles. The van der Waals surface area contributed by atoms with E-state index in [0.717, 1.165) is 0 Å². The van der Waals surface area contributed by atoms with E-state index in [0.29, 0.717) is 0 Å². The zero-order valence-corrected chi connectivity index (χ0v) is 6.61. The van der Waals surface area contributed by atoms with E-state index in [-0.39, 0.29) is 10.7 Å². The van der Waals surface area contributed by atoms with Gasteiger partial charge in [-0.05, 0) is 18.3 Å². The first-order valence-corrected chi connectivity index (χ1v) is 3.07. The lowest BCUT2D eigenvalue weighted by Gasteiger charge is -1.92. The number of nitrogens with zero attached hydrogens (tertiary/aromatic N) is 1. The number of allylic oxidation sites excluding steroid dienone is 2. The fourth-order valence-corrected chi connectivity index (χ4v) is 0.709. The third-order valence-electron chi connectivity index (χ3n) is 0.777. The Morgan fingerprint density at radius 3 is 2.10 bits per heavy atom. The van der Waals surface area contributed by atoms with Crippen LogP contribution in [0.5, 0.6) is 0 Å². The van der Waals surface area contributed by atoms with Crippen molar-refractivity contribution >= 4 is 35.2 Å². The van der Waals surface area contributed by atoms with Crippen LogP contribution in [0.2, 0.25) is 0 Å². The molecule has 2 nitrogen and oxygen atoms in total. The van der Waals surface area contributed by atoms with Gasteiger partial charge in [0, 0.05) is 0 Å². The molecular formula is C6H5Cl2NO. The number of rotatable bonds is 3. The summed E-state index contributed by atoms with van der Waals surface area (Å²) in [5.74, 6) is 0. The summed E-state index contributed by atoms with van der Waals surface area (Å²) in [5.41, 5.74) is 0.0679. The van der Waals surface area contributed by atoms with Crippen LogP contribution in [0, 0.1) is 0 Å². The molecule has 0 aromatic heterocycles. The van der Waals surface area contributed by atoms with E-state index in [1.807, 2.05) is 0 Å². The number of hydrogen-bond donors (Lipinski definition) is 0. The standard InChI is InChI=1S/C6H5Cl2NO/c1-3-4(6(8)10)5(7)9-2/h3H,1-2H2/b5-4+. The molecule has 10 heavy (non-hydrogen) atoms. The Morgan fingerprint density at radius 1 is 1.50 bits per heavy atom. The first-order chi connectivity index (χ1) is 4.63. The van der Waals surface area contributed by atoms with Crippen molar-refractivity contribution in [2.75, 3.05) is 0 Å². The van der Waals surface area contributed by atoms with Crippen molar-refractivity contribution in [3.63, 3.8) is 0 Å². The maximum Gasteiger partial charge on any atom is 0.255 e. The van der Waals surface area contributed by atoms with Gasteiger partial charge in [0.05, 0.1) is 5.57 Å². The van der Waals surface area contributed by atoms with Gasteiger partial charge in [-0.15, -0.1) is 0 Å². The average Bonchev–Trinajstić information content (AvgIpc) is 1.88. The van der Waals surface area contributed by atoms with Crippen molar-refractivity contribution in [1.82, 2.24) is 0 Å². The fourth-order valence-electron chi connectivity index (χ4n) is 0.331. The Labute approximate surface area is 68.8 Å². The Morgan fingerprint density at radius 2 is 2.00 bits per heavy atom. The summed E-state index contributed by atoms with van der Waals surface area (Å²) in [6, 6.07) is 0. The van der Waals surface area contributed by atoms with E-state index in [1.165, 1.54) is 6.08 Å². The highest BCUT2D eigenvalue weighted by Gasteiger charge is 2.05. The lowest BCUT2D eigenvalue weighted by molar-refractivity contribution is -0.108. The van der Waals surface area contributed by atoms with Crippen molar-refractivity contribution in [2.24, 2.45) is 4.99 Å². The molecule has 0 aromatic rings. The van der Waals surface area contributed by atoms with Gasteiger partial charge in [0.1, 0.15) is 5.16 Å². The Bertz CT molecular complexity index is 208. The predicted octanol–water partition coefficient (Wildman–Crippen LogP) is 2.09. The Hall–Kier alpha value is -0.600. The maximum atomic E-state index is 10.4. The van der Waals surface area contributed by atoms with Gasteiger partial charge in [-0.1, -0.05) is 24.3 Å². The minimum absolute atomic E-state index is 0.0324. The van der Waals surface area contributed by atoms with Crippen molar-refractivity contribution in [3.05, 3.63) is 23.4 Å². The molecule has 0 spiro atoms. The van der Waals surface area contributed by atoms with Crippen molar-refractivity contribution < 1.29 is 4.79 Å². The van der Waals surface area contributed by atoms with Crippen LogP contribution in [0.1, 0.15) is 0 Å². The summed E-state index contributed by atoms with van der Waals surface area (Å²) in [5, 5.41) is -0.720. The number of aliphatic imine (C=N–C) groups is 1. The van der Waals surface area contributed by atoms with Crippen molar-refractivity contribution in [1.29, 1.82) is 0 Å². The minimum Gasteiger partial charge on any atom is -0.275 e. The summed E-state index contributed by atoms with van der Waals surface area (Å²) in [6.07, 6.45) is 1.23. The van der Waals surface area contributed by atoms with E-state index in [1.54, 1.807) is 0 Å². The van der Waals surface area contributed by atoms with Crippen LogP contribution in [0.15, 0.2) is 28.4 Å². The number of carbonyl (C=O) groups excluding carboxylic acids is 1. The molecule has 0 aliphatic carbocycles. The monoisotopic (exact) mass is 177 g/mol. The van der Waals surface area contributed by atoms with Gasteiger partial charge in [0.25, 0.3) is 5.24 Å². The molecule has 0 N–H and O–H groups in total. The van der Waals surface area contributed by atoms with Gasteiger partial charge >= 0.3 is 0 Å². The lowest BCUT2D eigenvalue weighted by atomic mass is 10.3.